The minimum absolute atomic E-state index is 0.218. The molecular weight excluding hydrogens is 658 g/mol. The third kappa shape index (κ3) is 6.65. The zero-order chi connectivity index (χ0) is 29.2. The van der Waals surface area contributed by atoms with Gasteiger partial charge in [0.1, 0.15) is 10.7 Å². The van der Waals surface area contributed by atoms with E-state index in [9.17, 15) is 14.7 Å². The molecule has 0 radical (unpaired) electrons. The number of carbonyl (C=O) groups excluding carboxylic acids is 1. The highest BCUT2D eigenvalue weighted by Crippen LogP contribution is 2.42. The molecule has 0 spiro atoms. The van der Waals surface area contributed by atoms with Crippen LogP contribution in [0.3, 0.4) is 0 Å². The number of carbonyl (C=O) groups is 2. The number of carboxylic acid groups (broad SMARTS) is 1. The van der Waals surface area contributed by atoms with Gasteiger partial charge >= 0.3 is 5.97 Å². The second-order valence-electron chi connectivity index (χ2n) is 11.3. The average Bonchev–Trinajstić information content (AvgIpc) is 3.63. The largest absolute Gasteiger partial charge is 0.481 e. The second kappa shape index (κ2) is 13.2. The van der Waals surface area contributed by atoms with Crippen LogP contribution in [0.1, 0.15) is 55.3 Å². The van der Waals surface area contributed by atoms with E-state index >= 15 is 0 Å². The number of nitrogens with zero attached hydrogens (tertiary/aromatic N) is 4. The molecular formula is C30H35BrClN5O3S2. The van der Waals surface area contributed by atoms with Crippen LogP contribution in [0.5, 0.6) is 0 Å². The summed E-state index contributed by atoms with van der Waals surface area (Å²) >= 11 is 13.0. The van der Waals surface area contributed by atoms with E-state index in [1.807, 2.05) is 29.6 Å². The Balaban J connectivity index is 1.16. The normalized spacial score (nSPS) is 19.3. The first-order chi connectivity index (χ1) is 20.4. The fourth-order valence-electron chi connectivity index (χ4n) is 6.36. The molecule has 1 amide bonds. The number of thiophene rings is 1. The molecule has 1 aliphatic carbocycles. The number of nitrogens with one attached hydrogen (secondary N) is 1. The molecule has 3 fully saturated rings. The Labute approximate surface area is 267 Å². The summed E-state index contributed by atoms with van der Waals surface area (Å²) in [6.07, 6.45) is 7.92. The average molecular weight is 693 g/mol. The minimum atomic E-state index is -0.724. The van der Waals surface area contributed by atoms with Gasteiger partial charge in [-0.15, -0.1) is 11.3 Å². The van der Waals surface area contributed by atoms with Gasteiger partial charge in [-0.3, -0.25) is 19.8 Å². The van der Waals surface area contributed by atoms with Crippen LogP contribution in [-0.2, 0) is 4.79 Å². The van der Waals surface area contributed by atoms with Crippen molar-refractivity contribution in [2.45, 2.75) is 51.0 Å². The second-order valence-corrected chi connectivity index (χ2v) is 14.5. The van der Waals surface area contributed by atoms with Crippen LogP contribution in [0.2, 0.25) is 5.02 Å². The van der Waals surface area contributed by atoms with Gasteiger partial charge in [-0.2, -0.15) is 0 Å². The van der Waals surface area contributed by atoms with E-state index in [1.54, 1.807) is 11.3 Å². The van der Waals surface area contributed by atoms with Gasteiger partial charge in [0.05, 0.1) is 21.5 Å². The Bertz CT molecular complexity index is 1430. The van der Waals surface area contributed by atoms with Crippen LogP contribution in [0.25, 0.3) is 10.6 Å². The lowest BCUT2D eigenvalue weighted by Crippen LogP contribution is -2.50. The van der Waals surface area contributed by atoms with E-state index in [-0.39, 0.29) is 11.8 Å². The number of amides is 1. The van der Waals surface area contributed by atoms with Crippen molar-refractivity contribution in [1.29, 1.82) is 0 Å². The Kier molecular flexibility index (Phi) is 9.40. The monoisotopic (exact) mass is 691 g/mol. The fourth-order valence-corrected chi connectivity index (χ4v) is 9.14. The van der Waals surface area contributed by atoms with Gasteiger partial charge in [0.2, 0.25) is 0 Å². The number of carboxylic acids is 1. The number of halogens is 2. The van der Waals surface area contributed by atoms with E-state index in [4.69, 9.17) is 16.6 Å². The zero-order valence-corrected chi connectivity index (χ0v) is 27.3. The highest BCUT2D eigenvalue weighted by molar-refractivity contribution is 9.10. The smallest absolute Gasteiger partial charge is 0.306 e. The van der Waals surface area contributed by atoms with Crippen LogP contribution in [-0.4, -0.2) is 72.2 Å². The van der Waals surface area contributed by atoms with Crippen LogP contribution in [0.15, 0.2) is 34.1 Å². The van der Waals surface area contributed by atoms with Gasteiger partial charge in [0.15, 0.2) is 5.13 Å². The molecule has 8 nitrogen and oxygen atoms in total. The minimum Gasteiger partial charge on any atom is -0.481 e. The van der Waals surface area contributed by atoms with Crippen LogP contribution >= 0.6 is 50.2 Å². The predicted molar refractivity (Wildman–Crippen MR) is 176 cm³/mol. The summed E-state index contributed by atoms with van der Waals surface area (Å²) in [6, 6.07) is 8.24. The number of aliphatic carboxylic acids is 1. The standard InChI is InChI=1S/C30H35BrClN5O3S2/c31-23-16-20(6-7-24(23)36-10-8-19(9-11-36)29(39)40)27(38)34-30-33-26(25-17-21(32)18-41-25)28(42-30)37-14-12-35(13-15-37)22-4-2-1-3-5-22/h6-7,16-19,22H,1-5,8-15H2,(H,39,40)(H,33,34,38). The number of piperazine rings is 1. The summed E-state index contributed by atoms with van der Waals surface area (Å²) in [5, 5.41) is 16.6. The maximum atomic E-state index is 13.3. The van der Waals surface area contributed by atoms with Crippen molar-refractivity contribution in [2.75, 3.05) is 54.4 Å². The highest BCUT2D eigenvalue weighted by Gasteiger charge is 2.29. The number of hydrogen-bond donors (Lipinski definition) is 2. The third-order valence-electron chi connectivity index (χ3n) is 8.72. The fraction of sp³-hybridized carbons (Fsp3) is 0.500. The van der Waals surface area contributed by atoms with Crippen molar-refractivity contribution < 1.29 is 14.7 Å². The van der Waals surface area contributed by atoms with Gasteiger partial charge in [-0.25, -0.2) is 4.98 Å². The molecule has 1 saturated carbocycles. The molecule has 2 N–H and O–H groups in total. The number of aromatic nitrogens is 1. The summed E-state index contributed by atoms with van der Waals surface area (Å²) in [4.78, 5) is 37.8. The molecule has 2 aromatic heterocycles. The van der Waals surface area contributed by atoms with Crippen molar-refractivity contribution in [1.82, 2.24) is 9.88 Å². The first-order valence-corrected chi connectivity index (χ1v) is 17.6. The SMILES string of the molecule is O=C(Nc1nc(-c2cc(Cl)cs2)c(N2CCN(C3CCCCC3)CC2)s1)c1ccc(N2CCC(C(=O)O)CC2)c(Br)c1. The van der Waals surface area contributed by atoms with E-state index in [2.05, 4.69) is 35.9 Å². The number of rotatable bonds is 7. The zero-order valence-electron chi connectivity index (χ0n) is 23.4. The Morgan fingerprint density at radius 1 is 0.976 bits per heavy atom. The van der Waals surface area contributed by atoms with E-state index in [1.165, 1.54) is 43.4 Å². The number of anilines is 3. The summed E-state index contributed by atoms with van der Waals surface area (Å²) in [5.74, 6) is -1.23. The maximum absolute atomic E-state index is 13.3. The molecule has 3 aliphatic rings. The number of thiazole rings is 1. The molecule has 0 bridgehead atoms. The lowest BCUT2D eigenvalue weighted by atomic mass is 9.94. The summed E-state index contributed by atoms with van der Waals surface area (Å²) in [5.41, 5.74) is 2.38. The van der Waals surface area contributed by atoms with E-state index in [0.29, 0.717) is 41.6 Å². The maximum Gasteiger partial charge on any atom is 0.306 e. The van der Waals surface area contributed by atoms with Gasteiger partial charge in [-0.05, 0) is 65.9 Å². The van der Waals surface area contributed by atoms with E-state index < -0.39 is 5.97 Å². The number of piperidine rings is 1. The van der Waals surface area contributed by atoms with Crippen LogP contribution in [0, 0.1) is 5.92 Å². The topological polar surface area (TPSA) is 89.0 Å². The molecule has 12 heteroatoms. The number of hydrogen-bond acceptors (Lipinski definition) is 8. The molecule has 2 saturated heterocycles. The molecule has 0 unspecified atom stereocenters. The Hall–Kier alpha value is -2.18. The lowest BCUT2D eigenvalue weighted by Gasteiger charge is -2.41. The van der Waals surface area contributed by atoms with Gasteiger partial charge in [0, 0.05) is 60.7 Å². The third-order valence-corrected chi connectivity index (χ3v) is 11.7. The molecule has 0 atom stereocenters. The van der Waals surface area contributed by atoms with Crippen molar-refractivity contribution in [3.05, 3.63) is 44.7 Å². The Morgan fingerprint density at radius 3 is 2.36 bits per heavy atom. The van der Waals surface area contributed by atoms with Gasteiger partial charge < -0.3 is 14.9 Å². The van der Waals surface area contributed by atoms with Gasteiger partial charge in [-0.1, -0.05) is 42.2 Å². The molecule has 42 heavy (non-hydrogen) atoms. The summed E-state index contributed by atoms with van der Waals surface area (Å²) < 4.78 is 0.813. The molecule has 4 heterocycles. The molecule has 2 aliphatic heterocycles. The van der Waals surface area contributed by atoms with Crippen molar-refractivity contribution in [3.63, 3.8) is 0 Å². The van der Waals surface area contributed by atoms with Crippen molar-refractivity contribution >= 4 is 77.9 Å². The van der Waals surface area contributed by atoms with E-state index in [0.717, 1.165) is 58.0 Å². The lowest BCUT2D eigenvalue weighted by molar-refractivity contribution is -0.142. The van der Waals surface area contributed by atoms with Crippen molar-refractivity contribution in [3.8, 4) is 10.6 Å². The first kappa shape index (κ1) is 29.9. The first-order valence-electron chi connectivity index (χ1n) is 14.7. The van der Waals surface area contributed by atoms with Gasteiger partial charge in [0.25, 0.3) is 5.91 Å². The summed E-state index contributed by atoms with van der Waals surface area (Å²) in [7, 11) is 0. The Morgan fingerprint density at radius 2 is 1.71 bits per heavy atom. The molecule has 3 aromatic rings. The quantitative estimate of drug-likeness (QED) is 0.269. The predicted octanol–water partition coefficient (Wildman–Crippen LogP) is 7.30. The van der Waals surface area contributed by atoms with Crippen LogP contribution < -0.4 is 15.1 Å². The molecule has 224 valence electrons. The molecule has 6 rings (SSSR count). The summed E-state index contributed by atoms with van der Waals surface area (Å²) in [6.45, 7) is 5.32. The molecule has 1 aromatic carbocycles. The van der Waals surface area contributed by atoms with Crippen LogP contribution in [0.4, 0.5) is 15.8 Å². The number of benzene rings is 1. The highest BCUT2D eigenvalue weighted by atomic mass is 79.9. The van der Waals surface area contributed by atoms with Crippen molar-refractivity contribution in [2.24, 2.45) is 5.92 Å².